The van der Waals surface area contributed by atoms with Gasteiger partial charge in [-0.1, -0.05) is 19.4 Å². The molecule has 0 atom stereocenters. The topological polar surface area (TPSA) is 29.5 Å². The lowest BCUT2D eigenvalue weighted by atomic mass is 10.1. The quantitative estimate of drug-likeness (QED) is 0.780. The van der Waals surface area contributed by atoms with Gasteiger partial charge in [-0.25, -0.2) is 0 Å². The summed E-state index contributed by atoms with van der Waals surface area (Å²) in [5.41, 5.74) is 1.19. The Hall–Kier alpha value is -1.18. The van der Waals surface area contributed by atoms with Crippen LogP contribution in [0.5, 0.6) is 11.5 Å². The van der Waals surface area contributed by atoms with Crippen molar-refractivity contribution in [3.05, 3.63) is 23.8 Å². The number of unbranched alkanes of at least 4 members (excludes halogenated alkanes) is 1. The van der Waals surface area contributed by atoms with Crippen molar-refractivity contribution < 1.29 is 9.84 Å². The average Bonchev–Trinajstić information content (AvgIpc) is 2.17. The molecule has 1 aromatic rings. The van der Waals surface area contributed by atoms with Gasteiger partial charge in [0.25, 0.3) is 0 Å². The number of rotatable bonds is 5. The summed E-state index contributed by atoms with van der Waals surface area (Å²) >= 11 is 0. The Labute approximate surface area is 85.5 Å². The molecule has 0 amide bonds. The van der Waals surface area contributed by atoms with Gasteiger partial charge in [0.2, 0.25) is 0 Å². The molecule has 0 aliphatic carbocycles. The summed E-state index contributed by atoms with van der Waals surface area (Å²) in [6.45, 7) is 4.76. The largest absolute Gasteiger partial charge is 0.508 e. The molecule has 0 unspecified atom stereocenters. The highest BCUT2D eigenvalue weighted by Gasteiger charge is 2.03. The lowest BCUT2D eigenvalue weighted by Gasteiger charge is -2.09. The third kappa shape index (κ3) is 2.95. The second kappa shape index (κ2) is 5.53. The van der Waals surface area contributed by atoms with E-state index in [1.165, 1.54) is 12.0 Å². The number of phenolic OH excluding ortho intramolecular Hbond substituents is 1. The van der Waals surface area contributed by atoms with Crippen LogP contribution < -0.4 is 4.74 Å². The molecule has 0 aliphatic rings. The molecule has 78 valence electrons. The first kappa shape index (κ1) is 10.9. The van der Waals surface area contributed by atoms with Crippen LogP contribution in [-0.4, -0.2) is 11.7 Å². The highest BCUT2D eigenvalue weighted by molar-refractivity contribution is 5.40. The predicted octanol–water partition coefficient (Wildman–Crippen LogP) is 3.13. The summed E-state index contributed by atoms with van der Waals surface area (Å²) in [7, 11) is 0. The Morgan fingerprint density at radius 2 is 2.07 bits per heavy atom. The smallest absolute Gasteiger partial charge is 0.126 e. The first-order valence-corrected chi connectivity index (χ1v) is 5.22. The zero-order valence-corrected chi connectivity index (χ0v) is 8.92. The van der Waals surface area contributed by atoms with Gasteiger partial charge in [-0.3, -0.25) is 0 Å². The number of aromatic hydroxyl groups is 1. The maximum Gasteiger partial charge on any atom is 0.126 e. The fourth-order valence-electron chi connectivity index (χ4n) is 1.41. The van der Waals surface area contributed by atoms with Crippen LogP contribution >= 0.6 is 0 Å². The Bertz CT molecular complexity index is 282. The van der Waals surface area contributed by atoms with Crippen molar-refractivity contribution in [3.63, 3.8) is 0 Å². The standard InChI is InChI=1S/C12H18O2/c1-3-5-6-10-7-8-11(13)9-12(10)14-4-2/h7-9,13H,3-6H2,1-2H3. The molecular weight excluding hydrogens is 176 g/mol. The molecule has 0 aromatic heterocycles. The van der Waals surface area contributed by atoms with Crippen LogP contribution in [0.25, 0.3) is 0 Å². The molecule has 2 nitrogen and oxygen atoms in total. The van der Waals surface area contributed by atoms with Crippen molar-refractivity contribution in [3.8, 4) is 11.5 Å². The second-order valence-electron chi connectivity index (χ2n) is 3.33. The van der Waals surface area contributed by atoms with E-state index >= 15 is 0 Å². The van der Waals surface area contributed by atoms with E-state index in [9.17, 15) is 5.11 Å². The molecule has 0 aliphatic heterocycles. The highest BCUT2D eigenvalue weighted by Crippen LogP contribution is 2.25. The average molecular weight is 194 g/mol. The molecule has 1 rings (SSSR count). The van der Waals surface area contributed by atoms with E-state index in [-0.39, 0.29) is 5.75 Å². The monoisotopic (exact) mass is 194 g/mol. The van der Waals surface area contributed by atoms with Crippen LogP contribution in [0, 0.1) is 0 Å². The zero-order valence-electron chi connectivity index (χ0n) is 8.92. The van der Waals surface area contributed by atoms with Crippen molar-refractivity contribution in [2.45, 2.75) is 33.1 Å². The molecule has 0 fully saturated rings. The van der Waals surface area contributed by atoms with Gasteiger partial charge >= 0.3 is 0 Å². The molecule has 2 heteroatoms. The van der Waals surface area contributed by atoms with Crippen LogP contribution in [0.2, 0.25) is 0 Å². The molecule has 1 aromatic carbocycles. The minimum atomic E-state index is 0.272. The first-order chi connectivity index (χ1) is 6.77. The number of phenols is 1. The fourth-order valence-corrected chi connectivity index (χ4v) is 1.41. The van der Waals surface area contributed by atoms with Gasteiger partial charge in [0.15, 0.2) is 0 Å². The van der Waals surface area contributed by atoms with E-state index < -0.39 is 0 Å². The number of aryl methyl sites for hydroxylation is 1. The lowest BCUT2D eigenvalue weighted by Crippen LogP contribution is -1.96. The normalized spacial score (nSPS) is 10.1. The molecule has 0 radical (unpaired) electrons. The Balaban J connectivity index is 2.78. The van der Waals surface area contributed by atoms with Crippen LogP contribution in [0.15, 0.2) is 18.2 Å². The predicted molar refractivity (Wildman–Crippen MR) is 57.9 cm³/mol. The van der Waals surface area contributed by atoms with Crippen LogP contribution in [-0.2, 0) is 6.42 Å². The van der Waals surface area contributed by atoms with Gasteiger partial charge in [0.05, 0.1) is 6.61 Å². The third-order valence-electron chi connectivity index (χ3n) is 2.15. The summed E-state index contributed by atoms with van der Waals surface area (Å²) in [4.78, 5) is 0. The van der Waals surface area contributed by atoms with Crippen molar-refractivity contribution in [2.75, 3.05) is 6.61 Å². The number of hydrogen-bond donors (Lipinski definition) is 1. The molecule has 0 spiro atoms. The van der Waals surface area contributed by atoms with E-state index in [1.807, 2.05) is 13.0 Å². The number of benzene rings is 1. The number of hydrogen-bond acceptors (Lipinski definition) is 2. The highest BCUT2D eigenvalue weighted by atomic mass is 16.5. The summed E-state index contributed by atoms with van der Waals surface area (Å²) < 4.78 is 5.45. The van der Waals surface area contributed by atoms with E-state index in [1.54, 1.807) is 12.1 Å². The summed E-state index contributed by atoms with van der Waals surface area (Å²) in [6, 6.07) is 5.35. The third-order valence-corrected chi connectivity index (χ3v) is 2.15. The maximum absolute atomic E-state index is 9.31. The Kier molecular flexibility index (Phi) is 4.30. The minimum Gasteiger partial charge on any atom is -0.508 e. The van der Waals surface area contributed by atoms with E-state index in [0.717, 1.165) is 18.6 Å². The second-order valence-corrected chi connectivity index (χ2v) is 3.33. The minimum absolute atomic E-state index is 0.272. The number of ether oxygens (including phenoxy) is 1. The maximum atomic E-state index is 9.31. The fraction of sp³-hybridized carbons (Fsp3) is 0.500. The zero-order chi connectivity index (χ0) is 10.4. The molecule has 1 N–H and O–H groups in total. The van der Waals surface area contributed by atoms with Crippen molar-refractivity contribution in [1.29, 1.82) is 0 Å². The van der Waals surface area contributed by atoms with E-state index in [2.05, 4.69) is 6.92 Å². The van der Waals surface area contributed by atoms with E-state index in [4.69, 9.17) is 4.74 Å². The van der Waals surface area contributed by atoms with Crippen LogP contribution in [0.1, 0.15) is 32.3 Å². The summed E-state index contributed by atoms with van der Waals surface area (Å²) in [5.74, 6) is 1.09. The molecule has 14 heavy (non-hydrogen) atoms. The molecule has 0 heterocycles. The summed E-state index contributed by atoms with van der Waals surface area (Å²) in [5, 5.41) is 9.31. The molecular formula is C12H18O2. The SMILES string of the molecule is CCCCc1ccc(O)cc1OCC. The van der Waals surface area contributed by atoms with Crippen molar-refractivity contribution >= 4 is 0 Å². The lowest BCUT2D eigenvalue weighted by molar-refractivity contribution is 0.333. The Morgan fingerprint density at radius 1 is 1.29 bits per heavy atom. The van der Waals surface area contributed by atoms with Gasteiger partial charge in [-0.05, 0) is 31.4 Å². The first-order valence-electron chi connectivity index (χ1n) is 5.22. The van der Waals surface area contributed by atoms with Gasteiger partial charge in [0.1, 0.15) is 11.5 Å². The van der Waals surface area contributed by atoms with Gasteiger partial charge < -0.3 is 9.84 Å². The molecule has 0 bridgehead atoms. The summed E-state index contributed by atoms with van der Waals surface area (Å²) in [6.07, 6.45) is 3.35. The molecule has 0 saturated carbocycles. The van der Waals surface area contributed by atoms with E-state index in [0.29, 0.717) is 6.61 Å². The van der Waals surface area contributed by atoms with Gasteiger partial charge in [-0.15, -0.1) is 0 Å². The van der Waals surface area contributed by atoms with Crippen molar-refractivity contribution in [2.24, 2.45) is 0 Å². The van der Waals surface area contributed by atoms with Crippen LogP contribution in [0.3, 0.4) is 0 Å². The Morgan fingerprint density at radius 3 is 2.71 bits per heavy atom. The van der Waals surface area contributed by atoms with Gasteiger partial charge in [-0.2, -0.15) is 0 Å². The van der Waals surface area contributed by atoms with Crippen LogP contribution in [0.4, 0.5) is 0 Å². The molecule has 0 saturated heterocycles. The van der Waals surface area contributed by atoms with Crippen molar-refractivity contribution in [1.82, 2.24) is 0 Å². The van der Waals surface area contributed by atoms with Gasteiger partial charge in [0, 0.05) is 6.07 Å².